The molecular weight excluding hydrogens is 172 g/mol. The van der Waals surface area contributed by atoms with Crippen molar-refractivity contribution in [2.75, 3.05) is 19.7 Å². The molecule has 0 radical (unpaired) electrons. The van der Waals surface area contributed by atoms with Gasteiger partial charge in [-0.15, -0.1) is 0 Å². The van der Waals surface area contributed by atoms with E-state index >= 15 is 0 Å². The molecule has 1 rings (SSSR count). The number of nitrogens with zero attached hydrogens (tertiary/aromatic N) is 1. The minimum absolute atomic E-state index is 0.194. The van der Waals surface area contributed by atoms with Crippen LogP contribution in [0, 0.1) is 0 Å². The quantitative estimate of drug-likeness (QED) is 0.629. The molecular formula is C8H14N2O3. The van der Waals surface area contributed by atoms with Gasteiger partial charge in [-0.1, -0.05) is 0 Å². The predicted octanol–water partition coefficient (Wildman–Crippen LogP) is -0.0368. The summed E-state index contributed by atoms with van der Waals surface area (Å²) in [6.45, 7) is 4.93. The number of hydrogen-bond acceptors (Lipinski definition) is 3. The molecule has 74 valence electrons. The van der Waals surface area contributed by atoms with Crippen LogP contribution < -0.4 is 5.32 Å². The van der Waals surface area contributed by atoms with Crippen LogP contribution in [-0.4, -0.2) is 42.6 Å². The third kappa shape index (κ3) is 2.11. The highest BCUT2D eigenvalue weighted by molar-refractivity contribution is 5.84. The number of carbonyl (C=O) groups excluding carboxylic acids is 2. The molecule has 0 aromatic heterocycles. The van der Waals surface area contributed by atoms with Crippen molar-refractivity contribution < 1.29 is 14.3 Å². The van der Waals surface area contributed by atoms with E-state index in [2.05, 4.69) is 5.32 Å². The summed E-state index contributed by atoms with van der Waals surface area (Å²) in [4.78, 5) is 23.8. The highest BCUT2D eigenvalue weighted by atomic mass is 16.5. The first-order valence-electron chi connectivity index (χ1n) is 4.38. The fourth-order valence-electron chi connectivity index (χ4n) is 1.25. The van der Waals surface area contributed by atoms with E-state index < -0.39 is 6.04 Å². The smallest absolute Gasteiger partial charge is 0.328 e. The second-order valence-corrected chi connectivity index (χ2v) is 2.85. The van der Waals surface area contributed by atoms with Crippen LogP contribution in [0.15, 0.2) is 0 Å². The maximum Gasteiger partial charge on any atom is 0.328 e. The van der Waals surface area contributed by atoms with Crippen molar-refractivity contribution in [2.24, 2.45) is 0 Å². The van der Waals surface area contributed by atoms with Crippen LogP contribution in [0.25, 0.3) is 0 Å². The van der Waals surface area contributed by atoms with Crippen LogP contribution in [0.5, 0.6) is 0 Å². The van der Waals surface area contributed by atoms with Gasteiger partial charge in [0.05, 0.1) is 6.61 Å². The Labute approximate surface area is 77.0 Å². The Balaban J connectivity index is 2.50. The van der Waals surface area contributed by atoms with Gasteiger partial charge >= 0.3 is 12.0 Å². The number of ether oxygens (including phenoxy) is 1. The van der Waals surface area contributed by atoms with Crippen molar-refractivity contribution in [3.8, 4) is 0 Å². The molecule has 2 amide bonds. The number of urea groups is 1. The van der Waals surface area contributed by atoms with E-state index in [1.165, 1.54) is 4.90 Å². The summed E-state index contributed by atoms with van der Waals surface area (Å²) in [7, 11) is 0. The van der Waals surface area contributed by atoms with Gasteiger partial charge in [0, 0.05) is 13.1 Å². The number of nitrogens with one attached hydrogen (secondary N) is 1. The second kappa shape index (κ2) is 4.11. The Morgan fingerprint density at radius 1 is 1.77 bits per heavy atom. The van der Waals surface area contributed by atoms with Gasteiger partial charge in [0.2, 0.25) is 0 Å². The van der Waals surface area contributed by atoms with E-state index in [4.69, 9.17) is 4.74 Å². The fraction of sp³-hybridized carbons (Fsp3) is 0.750. The third-order valence-electron chi connectivity index (χ3n) is 1.99. The van der Waals surface area contributed by atoms with Crippen molar-refractivity contribution in [2.45, 2.75) is 19.9 Å². The highest BCUT2D eigenvalue weighted by Gasteiger charge is 2.29. The van der Waals surface area contributed by atoms with E-state index in [1.807, 2.05) is 0 Å². The Kier molecular flexibility index (Phi) is 3.11. The van der Waals surface area contributed by atoms with Gasteiger partial charge < -0.3 is 15.0 Å². The van der Waals surface area contributed by atoms with Gasteiger partial charge in [-0.3, -0.25) is 0 Å². The standard InChI is InChI=1S/C8H14N2O3/c1-3-13-7(11)6(2)10-5-4-9-8(10)12/h6H,3-5H2,1-2H3,(H,9,12). The number of esters is 1. The molecule has 1 fully saturated rings. The topological polar surface area (TPSA) is 58.6 Å². The zero-order valence-electron chi connectivity index (χ0n) is 7.87. The van der Waals surface area contributed by atoms with Crippen molar-refractivity contribution in [1.82, 2.24) is 10.2 Å². The van der Waals surface area contributed by atoms with Crippen molar-refractivity contribution in [3.63, 3.8) is 0 Å². The summed E-state index contributed by atoms with van der Waals surface area (Å²) in [6, 6.07) is -0.678. The molecule has 0 bridgehead atoms. The first-order chi connectivity index (χ1) is 6.16. The van der Waals surface area contributed by atoms with Gasteiger partial charge in [0.25, 0.3) is 0 Å². The van der Waals surface area contributed by atoms with Crippen molar-refractivity contribution >= 4 is 12.0 Å². The first kappa shape index (κ1) is 9.83. The molecule has 1 heterocycles. The average Bonchev–Trinajstić information content (AvgIpc) is 2.50. The minimum atomic E-state index is -0.484. The van der Waals surface area contributed by atoms with E-state index in [-0.39, 0.29) is 12.0 Å². The molecule has 0 aliphatic carbocycles. The fourth-order valence-corrected chi connectivity index (χ4v) is 1.25. The number of carbonyl (C=O) groups is 2. The summed E-state index contributed by atoms with van der Waals surface area (Å²) in [6.07, 6.45) is 0. The SMILES string of the molecule is CCOC(=O)C(C)N1CCNC1=O. The van der Waals surface area contributed by atoms with E-state index in [0.717, 1.165) is 0 Å². The summed E-state index contributed by atoms with van der Waals surface area (Å²) in [5, 5.41) is 2.63. The molecule has 5 nitrogen and oxygen atoms in total. The summed E-state index contributed by atoms with van der Waals surface area (Å²) in [5.74, 6) is -0.348. The van der Waals surface area contributed by atoms with Crippen LogP contribution in [0.3, 0.4) is 0 Å². The van der Waals surface area contributed by atoms with Crippen molar-refractivity contribution in [1.29, 1.82) is 0 Å². The maximum atomic E-state index is 11.2. The summed E-state index contributed by atoms with van der Waals surface area (Å²) in [5.41, 5.74) is 0. The molecule has 0 aromatic rings. The molecule has 5 heteroatoms. The molecule has 1 unspecified atom stereocenters. The van der Waals surface area contributed by atoms with Crippen molar-refractivity contribution in [3.05, 3.63) is 0 Å². The number of amides is 2. The lowest BCUT2D eigenvalue weighted by Gasteiger charge is -2.20. The van der Waals surface area contributed by atoms with Gasteiger partial charge in [-0.25, -0.2) is 9.59 Å². The van der Waals surface area contributed by atoms with Crippen LogP contribution >= 0.6 is 0 Å². The molecule has 1 saturated heterocycles. The Hall–Kier alpha value is -1.26. The number of rotatable bonds is 3. The molecule has 1 atom stereocenters. The molecule has 1 aliphatic rings. The lowest BCUT2D eigenvalue weighted by Crippen LogP contribution is -2.42. The van der Waals surface area contributed by atoms with Gasteiger partial charge in [0.15, 0.2) is 0 Å². The number of hydrogen-bond donors (Lipinski definition) is 1. The van der Waals surface area contributed by atoms with Crippen LogP contribution in [-0.2, 0) is 9.53 Å². The lowest BCUT2D eigenvalue weighted by atomic mass is 10.3. The van der Waals surface area contributed by atoms with E-state index in [1.54, 1.807) is 13.8 Å². The largest absolute Gasteiger partial charge is 0.464 e. The highest BCUT2D eigenvalue weighted by Crippen LogP contribution is 2.05. The molecule has 1 N–H and O–H groups in total. The normalized spacial score (nSPS) is 18.3. The van der Waals surface area contributed by atoms with Gasteiger partial charge in [-0.2, -0.15) is 0 Å². The zero-order valence-corrected chi connectivity index (χ0v) is 7.87. The van der Waals surface area contributed by atoms with E-state index in [0.29, 0.717) is 19.7 Å². The second-order valence-electron chi connectivity index (χ2n) is 2.85. The Bertz CT molecular complexity index is 217. The zero-order chi connectivity index (χ0) is 9.84. The molecule has 0 aromatic carbocycles. The average molecular weight is 186 g/mol. The molecule has 13 heavy (non-hydrogen) atoms. The maximum absolute atomic E-state index is 11.2. The summed E-state index contributed by atoms with van der Waals surface area (Å²) < 4.78 is 4.80. The van der Waals surface area contributed by atoms with Crippen LogP contribution in [0.4, 0.5) is 4.79 Å². The minimum Gasteiger partial charge on any atom is -0.464 e. The Morgan fingerprint density at radius 2 is 2.46 bits per heavy atom. The first-order valence-corrected chi connectivity index (χ1v) is 4.38. The molecule has 1 aliphatic heterocycles. The van der Waals surface area contributed by atoms with Gasteiger partial charge in [-0.05, 0) is 13.8 Å². The Morgan fingerprint density at radius 3 is 2.92 bits per heavy atom. The summed E-state index contributed by atoms with van der Waals surface area (Å²) >= 11 is 0. The molecule has 0 saturated carbocycles. The third-order valence-corrected chi connectivity index (χ3v) is 1.99. The molecule has 0 spiro atoms. The van der Waals surface area contributed by atoms with Gasteiger partial charge in [0.1, 0.15) is 6.04 Å². The van der Waals surface area contributed by atoms with E-state index in [9.17, 15) is 9.59 Å². The van der Waals surface area contributed by atoms with Crippen LogP contribution in [0.2, 0.25) is 0 Å². The monoisotopic (exact) mass is 186 g/mol. The van der Waals surface area contributed by atoms with Crippen LogP contribution in [0.1, 0.15) is 13.8 Å². The predicted molar refractivity (Wildman–Crippen MR) is 46.2 cm³/mol. The lowest BCUT2D eigenvalue weighted by molar-refractivity contribution is -0.147.